The summed E-state index contributed by atoms with van der Waals surface area (Å²) < 4.78 is 19.1. The molecule has 0 spiro atoms. The lowest BCUT2D eigenvalue weighted by Crippen LogP contribution is -2.48. The van der Waals surface area contributed by atoms with Crippen LogP contribution >= 0.6 is 0 Å². The molecule has 0 radical (unpaired) electrons. The summed E-state index contributed by atoms with van der Waals surface area (Å²) in [6, 6.07) is 4.64. The number of aryl methyl sites for hydroxylation is 1. The molecule has 0 aliphatic carbocycles. The fraction of sp³-hybridized carbons (Fsp3) is 0.600. The average Bonchev–Trinajstić information content (AvgIpc) is 3.36. The van der Waals surface area contributed by atoms with E-state index in [2.05, 4.69) is 15.6 Å². The van der Waals surface area contributed by atoms with Gasteiger partial charge in [0.15, 0.2) is 11.5 Å². The van der Waals surface area contributed by atoms with Gasteiger partial charge in [-0.25, -0.2) is 4.79 Å². The molecule has 3 atom stereocenters. The number of aliphatic hydroxyl groups excluding tert-OH is 1. The molecule has 2 bridgehead atoms. The number of anilines is 1. The van der Waals surface area contributed by atoms with Crippen molar-refractivity contribution in [1.82, 2.24) is 24.8 Å². The number of fused-ring (bicyclic) bond motifs is 3. The smallest absolute Gasteiger partial charge is 0.321 e. The minimum Gasteiger partial charge on any atom is -0.486 e. The van der Waals surface area contributed by atoms with Crippen LogP contribution in [0.25, 0.3) is 0 Å². The van der Waals surface area contributed by atoms with Gasteiger partial charge >= 0.3 is 6.03 Å². The summed E-state index contributed by atoms with van der Waals surface area (Å²) in [7, 11) is 1.69. The molecule has 0 fully saturated rings. The van der Waals surface area contributed by atoms with E-state index in [4.69, 9.17) is 14.2 Å². The number of ether oxygens (including phenoxy) is 3. The van der Waals surface area contributed by atoms with Crippen LogP contribution in [0, 0.1) is 5.92 Å². The first-order valence-corrected chi connectivity index (χ1v) is 12.7. The Kier molecular flexibility index (Phi) is 8.82. The molecular weight excluding hydrogens is 480 g/mol. The van der Waals surface area contributed by atoms with E-state index >= 15 is 0 Å². The topological polar surface area (TPSA) is 131 Å². The molecule has 2 aliphatic rings. The summed E-state index contributed by atoms with van der Waals surface area (Å²) in [6.07, 6.45) is 2.38. The maximum Gasteiger partial charge on any atom is 0.321 e. The lowest BCUT2D eigenvalue weighted by atomic mass is 10.0. The number of nitrogens with zero attached hydrogens (tertiary/aromatic N) is 5. The van der Waals surface area contributed by atoms with Crippen LogP contribution in [0.3, 0.4) is 0 Å². The van der Waals surface area contributed by atoms with Crippen LogP contribution in [0.5, 0.6) is 11.5 Å². The average molecular weight is 517 g/mol. The Balaban J connectivity index is 1.46. The van der Waals surface area contributed by atoms with Crippen molar-refractivity contribution >= 4 is 17.6 Å². The number of benzene rings is 1. The minimum atomic E-state index is -0.400. The SMILES string of the molecule is C[C@H](CO)N1C[C@H](C)[C@H](CN(C)C(=O)Nc2ccc3c(c2)OCCO3)OCc2cn(nn2)CCCC1=O. The highest BCUT2D eigenvalue weighted by molar-refractivity contribution is 5.89. The summed E-state index contributed by atoms with van der Waals surface area (Å²) in [5, 5.41) is 20.9. The highest BCUT2D eigenvalue weighted by Crippen LogP contribution is 2.32. The van der Waals surface area contributed by atoms with Gasteiger partial charge in [0.1, 0.15) is 18.9 Å². The largest absolute Gasteiger partial charge is 0.486 e. The van der Waals surface area contributed by atoms with Crippen molar-refractivity contribution in [2.75, 3.05) is 45.3 Å². The van der Waals surface area contributed by atoms with Crippen molar-refractivity contribution in [3.05, 3.63) is 30.1 Å². The maximum absolute atomic E-state index is 13.0. The van der Waals surface area contributed by atoms with Crippen molar-refractivity contribution in [2.24, 2.45) is 5.92 Å². The minimum absolute atomic E-state index is 0.0311. The molecule has 12 heteroatoms. The number of nitrogens with one attached hydrogen (secondary N) is 1. The molecule has 0 unspecified atom stereocenters. The van der Waals surface area contributed by atoms with Gasteiger partial charge in [-0.15, -0.1) is 5.10 Å². The quantitative estimate of drug-likeness (QED) is 0.614. The van der Waals surface area contributed by atoms with E-state index in [1.54, 1.807) is 39.7 Å². The number of urea groups is 1. The lowest BCUT2D eigenvalue weighted by Gasteiger charge is -2.35. The first-order chi connectivity index (χ1) is 17.8. The Bertz CT molecular complexity index is 1080. The van der Waals surface area contributed by atoms with Gasteiger partial charge in [0.25, 0.3) is 0 Å². The zero-order chi connectivity index (χ0) is 26.4. The molecule has 0 saturated heterocycles. The van der Waals surface area contributed by atoms with Crippen molar-refractivity contribution in [3.8, 4) is 11.5 Å². The van der Waals surface area contributed by atoms with E-state index in [0.29, 0.717) is 62.0 Å². The van der Waals surface area contributed by atoms with Crippen LogP contribution in [0.15, 0.2) is 24.4 Å². The Morgan fingerprint density at radius 2 is 2.08 bits per heavy atom. The summed E-state index contributed by atoms with van der Waals surface area (Å²) >= 11 is 0. The molecule has 2 aliphatic heterocycles. The van der Waals surface area contributed by atoms with Crippen LogP contribution < -0.4 is 14.8 Å². The lowest BCUT2D eigenvalue weighted by molar-refractivity contribution is -0.136. The van der Waals surface area contributed by atoms with Crippen molar-refractivity contribution < 1.29 is 28.9 Å². The summed E-state index contributed by atoms with van der Waals surface area (Å²) in [5.74, 6) is 1.08. The molecular formula is C25H36N6O6. The predicted molar refractivity (Wildman–Crippen MR) is 134 cm³/mol. The monoisotopic (exact) mass is 516 g/mol. The van der Waals surface area contributed by atoms with Gasteiger partial charge in [-0.2, -0.15) is 0 Å². The molecule has 37 heavy (non-hydrogen) atoms. The third kappa shape index (κ3) is 6.89. The Hall–Kier alpha value is -3.38. The van der Waals surface area contributed by atoms with E-state index in [9.17, 15) is 14.7 Å². The van der Waals surface area contributed by atoms with Crippen molar-refractivity contribution in [3.63, 3.8) is 0 Å². The number of carbonyl (C=O) groups excluding carboxylic acids is 2. The van der Waals surface area contributed by atoms with E-state index in [-0.39, 0.29) is 43.7 Å². The molecule has 3 amide bonds. The van der Waals surface area contributed by atoms with Gasteiger partial charge in [0.2, 0.25) is 5.91 Å². The molecule has 2 aromatic rings. The van der Waals surface area contributed by atoms with Gasteiger partial charge in [-0.1, -0.05) is 12.1 Å². The molecule has 0 saturated carbocycles. The van der Waals surface area contributed by atoms with Crippen molar-refractivity contribution in [1.29, 1.82) is 0 Å². The molecule has 1 aromatic carbocycles. The number of carbonyl (C=O) groups is 2. The zero-order valence-electron chi connectivity index (χ0n) is 21.6. The number of rotatable bonds is 5. The Labute approximate surface area is 216 Å². The molecule has 202 valence electrons. The van der Waals surface area contributed by atoms with E-state index in [1.807, 2.05) is 20.0 Å². The van der Waals surface area contributed by atoms with E-state index in [1.165, 1.54) is 0 Å². The molecule has 3 heterocycles. The second-order valence-corrected chi connectivity index (χ2v) is 9.65. The number of hydrogen-bond acceptors (Lipinski definition) is 8. The number of likely N-dealkylation sites (N-methyl/N-ethyl adjacent to an activating group) is 1. The van der Waals surface area contributed by atoms with Crippen molar-refractivity contribution in [2.45, 2.75) is 52.0 Å². The van der Waals surface area contributed by atoms with Crippen LogP contribution in [0.1, 0.15) is 32.4 Å². The number of aliphatic hydroxyl groups is 1. The second kappa shape index (κ2) is 12.2. The Morgan fingerprint density at radius 3 is 2.86 bits per heavy atom. The molecule has 12 nitrogen and oxygen atoms in total. The summed E-state index contributed by atoms with van der Waals surface area (Å²) in [4.78, 5) is 29.3. The van der Waals surface area contributed by atoms with E-state index in [0.717, 1.165) is 0 Å². The van der Waals surface area contributed by atoms with Gasteiger partial charge < -0.3 is 34.4 Å². The summed E-state index contributed by atoms with van der Waals surface area (Å²) in [5.41, 5.74) is 1.28. The molecule has 2 N–H and O–H groups in total. The normalized spacial score (nSPS) is 21.3. The summed E-state index contributed by atoms with van der Waals surface area (Å²) in [6.45, 7) is 6.12. The number of aromatic nitrogens is 3. The third-order valence-corrected chi connectivity index (χ3v) is 6.64. The van der Waals surface area contributed by atoms with Gasteiger partial charge in [0, 0.05) is 50.8 Å². The fourth-order valence-electron chi connectivity index (χ4n) is 4.39. The van der Waals surface area contributed by atoms with Crippen LogP contribution in [0.4, 0.5) is 10.5 Å². The Morgan fingerprint density at radius 1 is 1.30 bits per heavy atom. The van der Waals surface area contributed by atoms with Crippen LogP contribution in [-0.4, -0.2) is 93.9 Å². The first-order valence-electron chi connectivity index (χ1n) is 12.7. The van der Waals surface area contributed by atoms with Gasteiger partial charge in [-0.05, 0) is 25.5 Å². The fourth-order valence-corrected chi connectivity index (χ4v) is 4.39. The zero-order valence-corrected chi connectivity index (χ0v) is 21.6. The highest BCUT2D eigenvalue weighted by atomic mass is 16.6. The molecule has 1 aromatic heterocycles. The third-order valence-electron chi connectivity index (χ3n) is 6.64. The predicted octanol–water partition coefficient (Wildman–Crippen LogP) is 1.74. The van der Waals surface area contributed by atoms with E-state index < -0.39 is 6.10 Å². The van der Waals surface area contributed by atoms with Gasteiger partial charge in [-0.3, -0.25) is 9.48 Å². The molecule has 4 rings (SSSR count). The standard InChI is InChI=1S/C25H36N6O6/c1-17-12-31(18(2)15-32)24(33)5-4-8-30-13-20(27-28-30)16-37-23(17)14-29(3)25(34)26-19-6-7-21-22(11-19)36-10-9-35-21/h6-7,11,13,17-18,23,32H,4-5,8-10,12,14-16H2,1-3H3,(H,26,34)/t17-,18+,23-/m0/s1. The first kappa shape index (κ1) is 26.7. The maximum atomic E-state index is 13.0. The van der Waals surface area contributed by atoms with Gasteiger partial charge in [0.05, 0.1) is 31.6 Å². The number of hydrogen-bond donors (Lipinski definition) is 2. The second-order valence-electron chi connectivity index (χ2n) is 9.65. The highest BCUT2D eigenvalue weighted by Gasteiger charge is 2.29. The van der Waals surface area contributed by atoms with Crippen LogP contribution in [-0.2, 0) is 22.7 Å². The number of amides is 3. The van der Waals surface area contributed by atoms with Crippen LogP contribution in [0.2, 0.25) is 0 Å².